The highest BCUT2D eigenvalue weighted by Crippen LogP contribution is 2.39. The Hall–Kier alpha value is -2.72. The Morgan fingerprint density at radius 2 is 1.85 bits per heavy atom. The Morgan fingerprint density at radius 3 is 2.48 bits per heavy atom. The van der Waals surface area contributed by atoms with Crippen LogP contribution in [0, 0.1) is 0 Å². The van der Waals surface area contributed by atoms with Gasteiger partial charge in [-0.3, -0.25) is 19.3 Å². The molecule has 0 bridgehead atoms. The van der Waals surface area contributed by atoms with E-state index in [1.165, 1.54) is 12.1 Å². The van der Waals surface area contributed by atoms with Crippen LogP contribution in [-0.2, 0) is 14.4 Å². The molecule has 33 heavy (non-hydrogen) atoms. The van der Waals surface area contributed by atoms with Gasteiger partial charge in [-0.25, -0.2) is 4.79 Å². The smallest absolute Gasteiger partial charge is 0.341 e. The van der Waals surface area contributed by atoms with Gasteiger partial charge in [0.05, 0.1) is 16.5 Å². The number of imide groups is 1. The minimum absolute atomic E-state index is 0.0780. The zero-order chi connectivity index (χ0) is 24.0. The number of rotatable bonds is 8. The van der Waals surface area contributed by atoms with Crippen LogP contribution in [0.2, 0.25) is 5.02 Å². The number of nitrogens with zero attached hydrogens (tertiary/aromatic N) is 2. The van der Waals surface area contributed by atoms with Gasteiger partial charge in [-0.1, -0.05) is 24.4 Å². The van der Waals surface area contributed by atoms with Gasteiger partial charge in [0.2, 0.25) is 5.91 Å². The van der Waals surface area contributed by atoms with Crippen molar-refractivity contribution in [3.05, 3.63) is 27.6 Å². The molecule has 0 atom stereocenters. The second kappa shape index (κ2) is 11.4. The van der Waals surface area contributed by atoms with Crippen LogP contribution in [-0.4, -0.2) is 70.8 Å². The molecule has 178 valence electrons. The molecular weight excluding hydrogens is 472 g/mol. The lowest BCUT2D eigenvalue weighted by Gasteiger charge is -2.22. The van der Waals surface area contributed by atoms with Crippen LogP contribution >= 0.6 is 23.4 Å². The predicted octanol–water partition coefficient (Wildman–Crippen LogP) is 3.64. The summed E-state index contributed by atoms with van der Waals surface area (Å²) >= 11 is 7.00. The fourth-order valence-electron chi connectivity index (χ4n) is 3.55. The molecule has 1 N–H and O–H groups in total. The molecule has 2 heterocycles. The molecule has 2 fully saturated rings. The molecule has 0 unspecified atom stereocenters. The van der Waals surface area contributed by atoms with Crippen LogP contribution in [0.3, 0.4) is 0 Å². The quantitative estimate of drug-likeness (QED) is 0.542. The normalized spacial score (nSPS) is 17.9. The van der Waals surface area contributed by atoms with E-state index in [0.717, 1.165) is 42.3 Å². The summed E-state index contributed by atoms with van der Waals surface area (Å²) in [5.74, 6) is -1.65. The van der Waals surface area contributed by atoms with E-state index in [0.29, 0.717) is 18.7 Å². The number of likely N-dealkylation sites (tertiary alicyclic amines) is 1. The summed E-state index contributed by atoms with van der Waals surface area (Å²) < 4.78 is 10.7. The average Bonchev–Trinajstić information content (AvgIpc) is 2.95. The Morgan fingerprint density at radius 1 is 1.15 bits per heavy atom. The molecule has 11 heteroatoms. The number of thioether (sulfide) groups is 1. The van der Waals surface area contributed by atoms with E-state index in [1.54, 1.807) is 17.9 Å². The molecule has 2 saturated heterocycles. The van der Waals surface area contributed by atoms with Crippen molar-refractivity contribution in [3.63, 3.8) is 0 Å². The second-order valence-corrected chi connectivity index (χ2v) is 8.91. The molecular formula is C22H25ClN2O7S. The number of amides is 3. The number of carboxylic acid groups (broad SMARTS) is 1. The predicted molar refractivity (Wildman–Crippen MR) is 123 cm³/mol. The molecule has 0 aliphatic carbocycles. The van der Waals surface area contributed by atoms with Gasteiger partial charge in [-0.2, -0.15) is 0 Å². The van der Waals surface area contributed by atoms with E-state index in [9.17, 15) is 19.2 Å². The van der Waals surface area contributed by atoms with E-state index >= 15 is 0 Å². The Kier molecular flexibility index (Phi) is 8.62. The highest BCUT2D eigenvalue weighted by molar-refractivity contribution is 8.18. The van der Waals surface area contributed by atoms with Crippen molar-refractivity contribution >= 4 is 52.5 Å². The van der Waals surface area contributed by atoms with Crippen molar-refractivity contribution in [1.29, 1.82) is 0 Å². The molecule has 9 nitrogen and oxygen atoms in total. The molecule has 0 aromatic heterocycles. The molecule has 0 radical (unpaired) electrons. The van der Waals surface area contributed by atoms with Crippen LogP contribution in [0.4, 0.5) is 4.79 Å². The molecule has 1 aromatic carbocycles. The number of carboxylic acids is 1. The van der Waals surface area contributed by atoms with Crippen LogP contribution in [0.5, 0.6) is 11.5 Å². The van der Waals surface area contributed by atoms with Crippen molar-refractivity contribution in [2.45, 2.75) is 32.6 Å². The largest absolute Gasteiger partial charge is 0.490 e. The van der Waals surface area contributed by atoms with Gasteiger partial charge in [-0.05, 0) is 55.3 Å². The average molecular weight is 497 g/mol. The molecule has 0 spiro atoms. The first-order chi connectivity index (χ1) is 15.8. The molecule has 2 aliphatic heterocycles. The van der Waals surface area contributed by atoms with Gasteiger partial charge in [0, 0.05) is 13.1 Å². The summed E-state index contributed by atoms with van der Waals surface area (Å²) in [7, 11) is 0. The maximum absolute atomic E-state index is 12.8. The van der Waals surface area contributed by atoms with Gasteiger partial charge in [-0.15, -0.1) is 0 Å². The lowest BCUT2D eigenvalue weighted by Crippen LogP contribution is -2.42. The maximum Gasteiger partial charge on any atom is 0.341 e. The van der Waals surface area contributed by atoms with Crippen LogP contribution in [0.15, 0.2) is 17.0 Å². The van der Waals surface area contributed by atoms with Gasteiger partial charge >= 0.3 is 5.97 Å². The summed E-state index contributed by atoms with van der Waals surface area (Å²) in [5.41, 5.74) is 0.468. The Labute approximate surface area is 200 Å². The number of benzene rings is 1. The van der Waals surface area contributed by atoms with Gasteiger partial charge in [0.25, 0.3) is 11.1 Å². The number of hydrogen-bond acceptors (Lipinski definition) is 7. The van der Waals surface area contributed by atoms with Crippen LogP contribution in [0.25, 0.3) is 6.08 Å². The third-order valence-electron chi connectivity index (χ3n) is 5.10. The zero-order valence-electron chi connectivity index (χ0n) is 18.2. The molecule has 1 aromatic rings. The van der Waals surface area contributed by atoms with Gasteiger partial charge in [0.15, 0.2) is 18.1 Å². The standard InChI is InChI=1S/C22H25ClN2O7S/c1-2-31-16-10-14(9-15(23)20(16)32-13-19(27)28)11-17-21(29)25(22(30)33-17)12-18(26)24-7-5-3-4-6-8-24/h9-11H,2-8,12-13H2,1H3,(H,27,28). The van der Waals surface area contributed by atoms with Crippen LogP contribution < -0.4 is 9.47 Å². The number of hydrogen-bond donors (Lipinski definition) is 1. The highest BCUT2D eigenvalue weighted by Gasteiger charge is 2.37. The summed E-state index contributed by atoms with van der Waals surface area (Å²) in [5, 5.41) is 8.44. The zero-order valence-corrected chi connectivity index (χ0v) is 19.7. The highest BCUT2D eigenvalue weighted by atomic mass is 35.5. The number of carbonyl (C=O) groups excluding carboxylic acids is 3. The number of aliphatic carboxylic acids is 1. The second-order valence-electron chi connectivity index (χ2n) is 7.51. The maximum atomic E-state index is 12.8. The van der Waals surface area contributed by atoms with Gasteiger partial charge in [0.1, 0.15) is 6.54 Å². The van der Waals surface area contributed by atoms with Crippen molar-refractivity contribution in [2.24, 2.45) is 0 Å². The summed E-state index contributed by atoms with van der Waals surface area (Å²) in [6.45, 7) is 2.42. The van der Waals surface area contributed by atoms with E-state index in [1.807, 2.05) is 0 Å². The Balaban J connectivity index is 1.77. The summed E-state index contributed by atoms with van der Waals surface area (Å²) in [6, 6.07) is 3.03. The summed E-state index contributed by atoms with van der Waals surface area (Å²) in [4.78, 5) is 51.6. The van der Waals surface area contributed by atoms with Crippen molar-refractivity contribution < 1.29 is 33.8 Å². The topological polar surface area (TPSA) is 113 Å². The van der Waals surface area contributed by atoms with Crippen molar-refractivity contribution in [3.8, 4) is 11.5 Å². The Bertz CT molecular complexity index is 974. The number of ether oxygens (including phenoxy) is 2. The number of halogens is 1. The minimum Gasteiger partial charge on any atom is -0.490 e. The molecule has 2 aliphatic rings. The minimum atomic E-state index is -1.17. The van der Waals surface area contributed by atoms with Gasteiger partial charge < -0.3 is 19.5 Å². The first-order valence-electron chi connectivity index (χ1n) is 10.6. The fraction of sp³-hybridized carbons (Fsp3) is 0.455. The summed E-state index contributed by atoms with van der Waals surface area (Å²) in [6.07, 6.45) is 5.46. The third-order valence-corrected chi connectivity index (χ3v) is 6.28. The first kappa shape index (κ1) is 24.9. The first-order valence-corrected chi connectivity index (χ1v) is 11.8. The SMILES string of the molecule is CCOc1cc(C=C2SC(=O)N(CC(=O)N3CCCCCC3)C2=O)cc(Cl)c1OCC(=O)O. The lowest BCUT2D eigenvalue weighted by atomic mass is 10.1. The van der Waals surface area contributed by atoms with E-state index < -0.39 is 23.7 Å². The van der Waals surface area contributed by atoms with E-state index in [4.69, 9.17) is 26.2 Å². The van der Waals surface area contributed by atoms with Crippen molar-refractivity contribution in [1.82, 2.24) is 9.80 Å². The monoisotopic (exact) mass is 496 g/mol. The van der Waals surface area contributed by atoms with Crippen LogP contribution in [0.1, 0.15) is 38.2 Å². The molecule has 3 amide bonds. The fourth-order valence-corrected chi connectivity index (χ4v) is 4.66. The number of carbonyl (C=O) groups is 4. The van der Waals surface area contributed by atoms with E-state index in [2.05, 4.69) is 0 Å². The molecule has 0 saturated carbocycles. The lowest BCUT2D eigenvalue weighted by molar-refractivity contribution is -0.139. The van der Waals surface area contributed by atoms with E-state index in [-0.39, 0.29) is 40.5 Å². The van der Waals surface area contributed by atoms with Crippen molar-refractivity contribution in [2.75, 3.05) is 32.8 Å². The molecule has 3 rings (SSSR count). The third kappa shape index (κ3) is 6.42.